The summed E-state index contributed by atoms with van der Waals surface area (Å²) in [4.78, 5) is 4.92. The summed E-state index contributed by atoms with van der Waals surface area (Å²) < 4.78 is 2.42. The Morgan fingerprint density at radius 3 is 2.72 bits per heavy atom. The number of piperidine rings is 1. The van der Waals surface area contributed by atoms with Gasteiger partial charge in [0.2, 0.25) is 0 Å². The third-order valence-corrected chi connectivity index (χ3v) is 7.26. The molecular formula is C21H24Br2N2. The van der Waals surface area contributed by atoms with Crippen molar-refractivity contribution < 1.29 is 0 Å². The van der Waals surface area contributed by atoms with E-state index in [1.165, 1.54) is 45.3 Å². The number of aryl methyl sites for hydroxylation is 2. The van der Waals surface area contributed by atoms with Crippen LogP contribution in [0.3, 0.4) is 0 Å². The van der Waals surface area contributed by atoms with Crippen molar-refractivity contribution in [3.05, 3.63) is 61.3 Å². The Bertz CT molecular complexity index is 782. The van der Waals surface area contributed by atoms with Gasteiger partial charge in [-0.25, -0.2) is 0 Å². The summed E-state index contributed by atoms with van der Waals surface area (Å²) in [6.45, 7) is 4.48. The Labute approximate surface area is 167 Å². The number of halogens is 2. The Balaban J connectivity index is 1.89. The molecule has 0 amide bonds. The van der Waals surface area contributed by atoms with Crippen LogP contribution in [-0.4, -0.2) is 18.1 Å². The van der Waals surface area contributed by atoms with E-state index in [0.717, 1.165) is 36.8 Å². The zero-order chi connectivity index (χ0) is 17.4. The van der Waals surface area contributed by atoms with Crippen LogP contribution in [0.25, 0.3) is 0 Å². The molecule has 0 radical (unpaired) electrons. The van der Waals surface area contributed by atoms with Gasteiger partial charge in [-0.05, 0) is 95.4 Å². The molecule has 1 unspecified atom stereocenters. The Morgan fingerprint density at radius 2 is 1.96 bits per heavy atom. The van der Waals surface area contributed by atoms with Gasteiger partial charge in [0, 0.05) is 21.1 Å². The Kier molecular flexibility index (Phi) is 5.30. The number of hydrogen-bond donors (Lipinski definition) is 1. The van der Waals surface area contributed by atoms with Gasteiger partial charge in [-0.2, -0.15) is 0 Å². The molecule has 0 bridgehead atoms. The van der Waals surface area contributed by atoms with Crippen molar-refractivity contribution in [3.63, 3.8) is 0 Å². The van der Waals surface area contributed by atoms with Gasteiger partial charge in [-0.3, -0.25) is 4.98 Å². The summed E-state index contributed by atoms with van der Waals surface area (Å²) in [6.07, 6.45) is 7.68. The van der Waals surface area contributed by atoms with E-state index in [4.69, 9.17) is 4.98 Å². The highest BCUT2D eigenvalue weighted by Gasteiger charge is 2.33. The number of benzene rings is 1. The van der Waals surface area contributed by atoms with E-state index in [1.807, 2.05) is 6.20 Å². The molecule has 25 heavy (non-hydrogen) atoms. The predicted molar refractivity (Wildman–Crippen MR) is 110 cm³/mol. The predicted octanol–water partition coefficient (Wildman–Crippen LogP) is 5.40. The van der Waals surface area contributed by atoms with E-state index in [1.54, 1.807) is 0 Å². The highest BCUT2D eigenvalue weighted by molar-refractivity contribution is 9.10. The molecule has 0 spiro atoms. The highest BCUT2D eigenvalue weighted by Crippen LogP contribution is 2.44. The van der Waals surface area contributed by atoms with Crippen LogP contribution in [0, 0.1) is 5.92 Å². The fourth-order valence-electron chi connectivity index (χ4n) is 4.54. The fraction of sp³-hybridized carbons (Fsp3) is 0.476. The van der Waals surface area contributed by atoms with Crippen molar-refractivity contribution in [2.75, 3.05) is 13.1 Å². The molecule has 1 fully saturated rings. The minimum atomic E-state index is 0.421. The van der Waals surface area contributed by atoms with E-state index < -0.39 is 0 Å². The Hall–Kier alpha value is -0.710. The van der Waals surface area contributed by atoms with E-state index in [2.05, 4.69) is 62.3 Å². The first-order valence-electron chi connectivity index (χ1n) is 9.34. The molecule has 1 saturated heterocycles. The smallest absolute Gasteiger partial charge is 0.0514 e. The molecule has 1 N–H and O–H groups in total. The summed E-state index contributed by atoms with van der Waals surface area (Å²) in [5.41, 5.74) is 7.16. The van der Waals surface area contributed by atoms with Gasteiger partial charge in [0.05, 0.1) is 5.69 Å². The lowest BCUT2D eigenvalue weighted by Gasteiger charge is -2.32. The second-order valence-electron chi connectivity index (χ2n) is 7.22. The van der Waals surface area contributed by atoms with E-state index >= 15 is 0 Å². The van der Waals surface area contributed by atoms with Crippen molar-refractivity contribution in [3.8, 4) is 0 Å². The molecule has 132 valence electrons. The number of fused-ring (bicyclic) bond motifs is 2. The van der Waals surface area contributed by atoms with Gasteiger partial charge < -0.3 is 5.32 Å². The van der Waals surface area contributed by atoms with Gasteiger partial charge >= 0.3 is 0 Å². The molecule has 0 saturated carbocycles. The lowest BCUT2D eigenvalue weighted by molar-refractivity contribution is 0.338. The van der Waals surface area contributed by atoms with Crippen molar-refractivity contribution >= 4 is 31.9 Å². The molecule has 1 aliphatic carbocycles. The largest absolute Gasteiger partial charge is 0.317 e. The Morgan fingerprint density at radius 1 is 1.16 bits per heavy atom. The zero-order valence-corrected chi connectivity index (χ0v) is 17.8. The maximum absolute atomic E-state index is 4.92. The number of nitrogens with zero attached hydrogens (tertiary/aromatic N) is 1. The lowest BCUT2D eigenvalue weighted by Crippen LogP contribution is -2.32. The lowest BCUT2D eigenvalue weighted by atomic mass is 9.76. The maximum Gasteiger partial charge on any atom is 0.0514 e. The van der Waals surface area contributed by atoms with Crippen LogP contribution in [-0.2, 0) is 19.3 Å². The van der Waals surface area contributed by atoms with Crippen molar-refractivity contribution in [2.45, 2.75) is 44.9 Å². The van der Waals surface area contributed by atoms with Gasteiger partial charge in [-0.1, -0.05) is 35.0 Å². The number of aromatic nitrogens is 1. The second kappa shape index (κ2) is 7.50. The SMILES string of the molecule is CCc1ccc2c(c1Br)CCc1cc(Br)cnc1C2C1CCNCC1. The highest BCUT2D eigenvalue weighted by atomic mass is 79.9. The molecule has 1 atom stereocenters. The molecule has 4 rings (SSSR count). The molecule has 2 aliphatic rings. The summed E-state index contributed by atoms with van der Waals surface area (Å²) in [6, 6.07) is 7.00. The molecule has 2 heterocycles. The summed E-state index contributed by atoms with van der Waals surface area (Å²) >= 11 is 7.55. The second-order valence-corrected chi connectivity index (χ2v) is 8.93. The van der Waals surface area contributed by atoms with Crippen LogP contribution in [0.1, 0.15) is 53.6 Å². The van der Waals surface area contributed by atoms with E-state index in [9.17, 15) is 0 Å². The maximum atomic E-state index is 4.92. The molecule has 1 aliphatic heterocycles. The first kappa shape index (κ1) is 17.7. The zero-order valence-electron chi connectivity index (χ0n) is 14.6. The number of rotatable bonds is 2. The van der Waals surface area contributed by atoms with Crippen LogP contribution in [0.5, 0.6) is 0 Å². The van der Waals surface area contributed by atoms with Crippen molar-refractivity contribution in [1.29, 1.82) is 0 Å². The minimum absolute atomic E-state index is 0.421. The summed E-state index contributed by atoms with van der Waals surface area (Å²) in [7, 11) is 0. The monoisotopic (exact) mass is 462 g/mol. The summed E-state index contributed by atoms with van der Waals surface area (Å²) in [5, 5.41) is 3.52. The van der Waals surface area contributed by atoms with E-state index in [0.29, 0.717) is 11.8 Å². The number of nitrogens with one attached hydrogen (secondary N) is 1. The van der Waals surface area contributed by atoms with Gasteiger partial charge in [0.15, 0.2) is 0 Å². The summed E-state index contributed by atoms with van der Waals surface area (Å²) in [5.74, 6) is 1.09. The molecular weight excluding hydrogens is 440 g/mol. The third kappa shape index (κ3) is 3.33. The molecule has 2 nitrogen and oxygen atoms in total. The van der Waals surface area contributed by atoms with E-state index in [-0.39, 0.29) is 0 Å². The van der Waals surface area contributed by atoms with Crippen LogP contribution >= 0.6 is 31.9 Å². The fourth-order valence-corrected chi connectivity index (χ4v) is 5.76. The van der Waals surface area contributed by atoms with Crippen molar-refractivity contribution in [2.24, 2.45) is 5.92 Å². The molecule has 1 aromatic heterocycles. The molecule has 4 heteroatoms. The van der Waals surface area contributed by atoms with Crippen LogP contribution in [0.2, 0.25) is 0 Å². The molecule has 2 aromatic rings. The standard InChI is InChI=1S/C21H24Br2N2/c1-2-13-3-5-17-18(20(13)23)6-4-15-11-16(22)12-25-21(15)19(17)14-7-9-24-10-8-14/h3,5,11-12,14,19,24H,2,4,6-10H2,1H3. The molecule has 1 aromatic carbocycles. The quantitative estimate of drug-likeness (QED) is 0.644. The van der Waals surface area contributed by atoms with Crippen LogP contribution < -0.4 is 5.32 Å². The van der Waals surface area contributed by atoms with Gasteiger partial charge in [0.1, 0.15) is 0 Å². The van der Waals surface area contributed by atoms with Crippen LogP contribution in [0.15, 0.2) is 33.3 Å². The average Bonchev–Trinajstić information content (AvgIpc) is 2.79. The third-order valence-electron chi connectivity index (χ3n) is 5.84. The number of hydrogen-bond acceptors (Lipinski definition) is 2. The van der Waals surface area contributed by atoms with Crippen molar-refractivity contribution in [1.82, 2.24) is 10.3 Å². The van der Waals surface area contributed by atoms with Crippen LogP contribution in [0.4, 0.5) is 0 Å². The number of pyridine rings is 1. The minimum Gasteiger partial charge on any atom is -0.317 e. The van der Waals surface area contributed by atoms with Gasteiger partial charge in [-0.15, -0.1) is 0 Å². The normalized spacial score (nSPS) is 20.7. The first-order valence-corrected chi connectivity index (χ1v) is 10.9. The van der Waals surface area contributed by atoms with Gasteiger partial charge in [0.25, 0.3) is 0 Å². The topological polar surface area (TPSA) is 24.9 Å². The first-order chi connectivity index (χ1) is 12.2. The average molecular weight is 464 g/mol.